The van der Waals surface area contributed by atoms with Crippen molar-refractivity contribution >= 4 is 34.6 Å². The molecule has 0 spiro atoms. The predicted octanol–water partition coefficient (Wildman–Crippen LogP) is 5.92. The number of hydrogen-bond acceptors (Lipinski definition) is 7. The standard InChI is InChI=1S/C29H37ClF3N5O4/c1-20(2)19-42-27-17-22(3-6-26(27)38(40)41)34-21-7-11-37(12-8-21)28(39)9-10-35-13-15-36(16-14-35)23-4-5-25(30)24(18-23)29(31,32)33/h3-6,17-18,20-21,34H,7-16,19H2,1-2H3. The number of carbonyl (C=O) groups excluding carboxylic acids is 1. The van der Waals surface area contributed by atoms with E-state index in [4.69, 9.17) is 16.3 Å². The van der Waals surface area contributed by atoms with Gasteiger partial charge < -0.3 is 19.9 Å². The number of benzene rings is 2. The molecule has 230 valence electrons. The fourth-order valence-corrected chi connectivity index (χ4v) is 5.43. The van der Waals surface area contributed by atoms with Crippen molar-refractivity contribution in [3.05, 3.63) is 57.1 Å². The average molecular weight is 612 g/mol. The fraction of sp³-hybridized carbons (Fsp3) is 0.552. The Morgan fingerprint density at radius 1 is 1.10 bits per heavy atom. The molecule has 2 saturated heterocycles. The highest BCUT2D eigenvalue weighted by atomic mass is 35.5. The minimum absolute atomic E-state index is 0.0661. The second-order valence-corrected chi connectivity index (χ2v) is 11.6. The van der Waals surface area contributed by atoms with Crippen LogP contribution in [0.1, 0.15) is 38.7 Å². The van der Waals surface area contributed by atoms with Crippen molar-refractivity contribution in [3.63, 3.8) is 0 Å². The molecule has 4 rings (SSSR count). The number of ether oxygens (including phenoxy) is 1. The van der Waals surface area contributed by atoms with Crippen molar-refractivity contribution in [1.82, 2.24) is 9.80 Å². The first kappa shape index (κ1) is 31.7. The van der Waals surface area contributed by atoms with Gasteiger partial charge in [0.05, 0.1) is 22.1 Å². The van der Waals surface area contributed by atoms with Crippen LogP contribution in [0.4, 0.5) is 30.2 Å². The molecule has 0 radical (unpaired) electrons. The third-order valence-corrected chi connectivity index (χ3v) is 7.91. The summed E-state index contributed by atoms with van der Waals surface area (Å²) >= 11 is 5.75. The maximum absolute atomic E-state index is 13.2. The SMILES string of the molecule is CC(C)COc1cc(NC2CCN(C(=O)CCN3CCN(c4ccc(Cl)c(C(F)(F)F)c4)CC3)CC2)ccc1[N+](=O)[O-]. The van der Waals surface area contributed by atoms with E-state index in [1.54, 1.807) is 18.2 Å². The number of carbonyl (C=O) groups is 1. The Bertz CT molecular complexity index is 1250. The van der Waals surface area contributed by atoms with E-state index in [0.717, 1.165) is 24.6 Å². The Balaban J connectivity index is 1.20. The number of amides is 1. The van der Waals surface area contributed by atoms with E-state index >= 15 is 0 Å². The van der Waals surface area contributed by atoms with Gasteiger partial charge in [-0.1, -0.05) is 25.4 Å². The summed E-state index contributed by atoms with van der Waals surface area (Å²) in [6, 6.07) is 8.92. The van der Waals surface area contributed by atoms with Crippen LogP contribution in [0.2, 0.25) is 5.02 Å². The third-order valence-electron chi connectivity index (χ3n) is 7.58. The topological polar surface area (TPSA) is 91.2 Å². The van der Waals surface area contributed by atoms with Gasteiger partial charge in [-0.2, -0.15) is 13.2 Å². The number of nitrogens with one attached hydrogen (secondary N) is 1. The van der Waals surface area contributed by atoms with Crippen LogP contribution in [0.3, 0.4) is 0 Å². The average Bonchev–Trinajstić information content (AvgIpc) is 2.95. The van der Waals surface area contributed by atoms with Gasteiger partial charge >= 0.3 is 11.9 Å². The van der Waals surface area contributed by atoms with Crippen LogP contribution in [-0.4, -0.2) is 79.1 Å². The molecule has 2 aliphatic heterocycles. The van der Waals surface area contributed by atoms with Crippen LogP contribution in [0.15, 0.2) is 36.4 Å². The van der Waals surface area contributed by atoms with Gasteiger partial charge in [-0.3, -0.25) is 19.8 Å². The molecule has 0 bridgehead atoms. The number of halogens is 4. The minimum atomic E-state index is -4.50. The molecule has 2 fully saturated rings. The van der Waals surface area contributed by atoms with Crippen molar-refractivity contribution in [2.75, 3.05) is 62.6 Å². The second kappa shape index (κ2) is 13.8. The van der Waals surface area contributed by atoms with Crippen molar-refractivity contribution in [2.45, 2.75) is 45.3 Å². The molecule has 9 nitrogen and oxygen atoms in total. The van der Waals surface area contributed by atoms with E-state index < -0.39 is 16.7 Å². The van der Waals surface area contributed by atoms with E-state index in [1.807, 2.05) is 23.6 Å². The Labute approximate surface area is 248 Å². The van der Waals surface area contributed by atoms with E-state index in [2.05, 4.69) is 10.2 Å². The number of piperazine rings is 1. The number of piperidine rings is 1. The van der Waals surface area contributed by atoms with Crippen LogP contribution in [-0.2, 0) is 11.0 Å². The van der Waals surface area contributed by atoms with Gasteiger partial charge in [-0.15, -0.1) is 0 Å². The Morgan fingerprint density at radius 2 is 1.79 bits per heavy atom. The molecule has 13 heteroatoms. The zero-order chi connectivity index (χ0) is 30.4. The zero-order valence-electron chi connectivity index (χ0n) is 23.8. The first-order valence-electron chi connectivity index (χ1n) is 14.2. The summed E-state index contributed by atoms with van der Waals surface area (Å²) in [5, 5.41) is 14.5. The van der Waals surface area contributed by atoms with E-state index in [1.165, 1.54) is 12.1 Å². The number of nitrogens with zero attached hydrogens (tertiary/aromatic N) is 4. The number of hydrogen-bond donors (Lipinski definition) is 1. The molecule has 2 aliphatic rings. The number of anilines is 2. The summed E-state index contributed by atoms with van der Waals surface area (Å²) in [5.41, 5.74) is 0.342. The molecule has 1 amide bonds. The van der Waals surface area contributed by atoms with Crippen LogP contribution in [0, 0.1) is 16.0 Å². The normalized spacial score (nSPS) is 17.0. The lowest BCUT2D eigenvalue weighted by Crippen LogP contribution is -2.48. The van der Waals surface area contributed by atoms with Gasteiger partial charge in [-0.05, 0) is 43.0 Å². The quantitative estimate of drug-likeness (QED) is 0.264. The lowest BCUT2D eigenvalue weighted by Gasteiger charge is -2.37. The number of nitro benzene ring substituents is 1. The van der Waals surface area contributed by atoms with Crippen molar-refractivity contribution in [3.8, 4) is 5.75 Å². The number of rotatable bonds is 10. The fourth-order valence-electron chi connectivity index (χ4n) is 5.20. The van der Waals surface area contributed by atoms with Crippen LogP contribution < -0.4 is 15.0 Å². The molecular weight excluding hydrogens is 575 g/mol. The highest BCUT2D eigenvalue weighted by molar-refractivity contribution is 6.31. The third kappa shape index (κ3) is 8.41. The van der Waals surface area contributed by atoms with E-state index in [0.29, 0.717) is 64.5 Å². The van der Waals surface area contributed by atoms with Gasteiger partial charge in [0.25, 0.3) is 0 Å². The molecule has 0 aliphatic carbocycles. The summed E-state index contributed by atoms with van der Waals surface area (Å²) in [6.07, 6.45) is -2.61. The van der Waals surface area contributed by atoms with Crippen LogP contribution in [0.5, 0.6) is 5.75 Å². The molecule has 1 N–H and O–H groups in total. The maximum atomic E-state index is 13.2. The highest BCUT2D eigenvalue weighted by Gasteiger charge is 2.34. The number of likely N-dealkylation sites (tertiary alicyclic amines) is 1. The van der Waals surface area contributed by atoms with Gasteiger partial charge in [0.2, 0.25) is 5.91 Å². The van der Waals surface area contributed by atoms with E-state index in [-0.39, 0.29) is 34.3 Å². The van der Waals surface area contributed by atoms with Gasteiger partial charge in [0.1, 0.15) is 0 Å². The molecule has 2 aromatic rings. The van der Waals surface area contributed by atoms with Crippen molar-refractivity contribution in [2.24, 2.45) is 5.92 Å². The second-order valence-electron chi connectivity index (χ2n) is 11.2. The molecule has 0 aromatic heterocycles. The summed E-state index contributed by atoms with van der Waals surface area (Å²) in [4.78, 5) is 29.8. The Morgan fingerprint density at radius 3 is 2.40 bits per heavy atom. The smallest absolute Gasteiger partial charge is 0.417 e. The molecule has 0 saturated carbocycles. The monoisotopic (exact) mass is 611 g/mol. The molecule has 2 heterocycles. The van der Waals surface area contributed by atoms with Gasteiger partial charge in [0.15, 0.2) is 5.75 Å². The van der Waals surface area contributed by atoms with Crippen LogP contribution >= 0.6 is 11.6 Å². The summed E-state index contributed by atoms with van der Waals surface area (Å²) in [5.74, 6) is 0.562. The maximum Gasteiger partial charge on any atom is 0.417 e. The van der Waals surface area contributed by atoms with Gasteiger partial charge in [-0.25, -0.2) is 0 Å². The summed E-state index contributed by atoms with van der Waals surface area (Å²) in [7, 11) is 0. The number of nitro groups is 1. The first-order valence-corrected chi connectivity index (χ1v) is 14.6. The largest absolute Gasteiger partial charge is 0.486 e. The molecular formula is C29H37ClF3N5O4. The lowest BCUT2D eigenvalue weighted by molar-refractivity contribution is -0.385. The summed E-state index contributed by atoms with van der Waals surface area (Å²) in [6.45, 7) is 8.61. The zero-order valence-corrected chi connectivity index (χ0v) is 24.6. The summed E-state index contributed by atoms with van der Waals surface area (Å²) < 4.78 is 45.4. The molecule has 42 heavy (non-hydrogen) atoms. The lowest BCUT2D eigenvalue weighted by atomic mass is 10.0. The number of alkyl halides is 3. The highest BCUT2D eigenvalue weighted by Crippen LogP contribution is 2.37. The molecule has 0 unspecified atom stereocenters. The van der Waals surface area contributed by atoms with Crippen molar-refractivity contribution in [1.29, 1.82) is 0 Å². The van der Waals surface area contributed by atoms with Gasteiger partial charge in [0, 0.05) is 81.8 Å². The molecule has 2 aromatic carbocycles. The first-order chi connectivity index (χ1) is 19.9. The Hall–Kier alpha value is -3.25. The molecule has 0 atom stereocenters. The van der Waals surface area contributed by atoms with Crippen LogP contribution in [0.25, 0.3) is 0 Å². The minimum Gasteiger partial charge on any atom is -0.486 e. The van der Waals surface area contributed by atoms with Crippen molar-refractivity contribution < 1.29 is 27.6 Å². The Kier molecular flexibility index (Phi) is 10.4. The van der Waals surface area contributed by atoms with E-state index in [9.17, 15) is 28.1 Å². The predicted molar refractivity (Wildman–Crippen MR) is 156 cm³/mol.